The molecule has 2 aromatic carbocycles. The van der Waals surface area contributed by atoms with Gasteiger partial charge in [-0.25, -0.2) is 0 Å². The fourth-order valence-corrected chi connectivity index (χ4v) is 3.14. The van der Waals surface area contributed by atoms with E-state index in [2.05, 4.69) is 126 Å². The van der Waals surface area contributed by atoms with Crippen LogP contribution < -0.4 is 0 Å². The van der Waals surface area contributed by atoms with E-state index in [0.29, 0.717) is 5.92 Å². The highest BCUT2D eigenvalue weighted by Gasteiger charge is 2.09. The minimum atomic E-state index is 0.0185. The lowest BCUT2D eigenvalue weighted by Crippen LogP contribution is -2.17. The van der Waals surface area contributed by atoms with E-state index >= 15 is 0 Å². The fraction of sp³-hybridized carbons (Fsp3) is 0.339. The van der Waals surface area contributed by atoms with Gasteiger partial charge in [0.1, 0.15) is 0 Å². The fourth-order valence-electron chi connectivity index (χ4n) is 3.14. The van der Waals surface area contributed by atoms with Gasteiger partial charge in [-0.05, 0) is 95.0 Å². The summed E-state index contributed by atoms with van der Waals surface area (Å²) in [5, 5.41) is 0. The molecule has 1 aliphatic carbocycles. The van der Waals surface area contributed by atoms with Crippen LogP contribution in [0.1, 0.15) is 98.8 Å². The number of carbonyl (C=O) groups excluding carboxylic acids is 1. The molecule has 0 saturated heterocycles. The number of hydrogen-bond donors (Lipinski definition) is 0. The van der Waals surface area contributed by atoms with Crippen molar-refractivity contribution in [1.82, 2.24) is 4.90 Å². The maximum atomic E-state index is 9.69. The Morgan fingerprint density at radius 1 is 0.742 bits per heavy atom. The van der Waals surface area contributed by atoms with Crippen LogP contribution in [0.3, 0.4) is 0 Å². The van der Waals surface area contributed by atoms with Crippen LogP contribution in [0.5, 0.6) is 0 Å². The summed E-state index contributed by atoms with van der Waals surface area (Å²) in [5.74, 6) is 3.46. The number of hydrogen-bond acceptors (Lipinski definition) is 3. The topological polar surface area (TPSA) is 29.5 Å². The Morgan fingerprint density at radius 2 is 1.08 bits per heavy atom. The summed E-state index contributed by atoms with van der Waals surface area (Å²) in [6.07, 6.45) is 32.6. The molecule has 0 saturated carbocycles. The minimum Gasteiger partial charge on any atom is -0.505 e. The van der Waals surface area contributed by atoms with E-state index in [4.69, 9.17) is 0 Å². The van der Waals surface area contributed by atoms with Crippen LogP contribution in [0.2, 0.25) is 0 Å². The quantitative estimate of drug-likeness (QED) is 0.0624. The number of nitrogens with zero attached hydrogens (tertiary/aromatic N) is 1. The van der Waals surface area contributed by atoms with Crippen LogP contribution in [0.4, 0.5) is 0 Å². The summed E-state index contributed by atoms with van der Waals surface area (Å²) in [6.45, 7) is 59.6. The summed E-state index contributed by atoms with van der Waals surface area (Å²) in [5.41, 5.74) is 4.27. The van der Waals surface area contributed by atoms with Crippen molar-refractivity contribution in [1.29, 1.82) is 0 Å². The molecule has 0 aliphatic heterocycles. The van der Waals surface area contributed by atoms with Crippen molar-refractivity contribution in [2.24, 2.45) is 11.8 Å². The minimum absolute atomic E-state index is 0.0185. The lowest BCUT2D eigenvalue weighted by molar-refractivity contribution is -0.112. The van der Waals surface area contributed by atoms with E-state index in [1.165, 1.54) is 37.7 Å². The highest BCUT2D eigenvalue weighted by molar-refractivity contribution is 5.86. The molecular weight excluding hydrogens is 755 g/mol. The Morgan fingerprint density at radius 3 is 1.23 bits per heavy atom. The first-order chi connectivity index (χ1) is 29.7. The average molecular weight is 850 g/mol. The van der Waals surface area contributed by atoms with Gasteiger partial charge < -0.3 is 4.74 Å². The molecule has 0 atom stereocenters. The van der Waals surface area contributed by atoms with Crippen molar-refractivity contribution in [3.8, 4) is 12.3 Å². The third-order valence-electron chi connectivity index (χ3n) is 6.36. The summed E-state index contributed by atoms with van der Waals surface area (Å²) in [6, 6.07) is 18.7. The van der Waals surface area contributed by atoms with Crippen molar-refractivity contribution < 1.29 is 9.53 Å². The number of rotatable bonds is 14. The number of ketones is 1. The number of carbonyl (C=O) groups is 1. The van der Waals surface area contributed by atoms with Gasteiger partial charge in [0.2, 0.25) is 0 Å². The number of fused-ring (bicyclic) bond motifs is 1. The van der Waals surface area contributed by atoms with E-state index in [1.54, 1.807) is 37.3 Å². The molecule has 0 spiro atoms. The second-order valence-corrected chi connectivity index (χ2v) is 11.8. The molecule has 0 fully saturated rings. The van der Waals surface area contributed by atoms with Crippen molar-refractivity contribution in [3.05, 3.63) is 217 Å². The molecule has 0 heterocycles. The molecule has 3 heteroatoms. The number of terminal acetylenes is 1. The van der Waals surface area contributed by atoms with Gasteiger partial charge in [-0.15, -0.1) is 58.4 Å². The molecular formula is C59H95NO2. The molecule has 0 aromatic heterocycles. The molecule has 2 aromatic rings. The van der Waals surface area contributed by atoms with Crippen molar-refractivity contribution >= 4 is 11.9 Å². The van der Waals surface area contributed by atoms with Gasteiger partial charge in [-0.1, -0.05) is 189 Å². The Kier molecular flexibility index (Phi) is 98.6. The lowest BCUT2D eigenvalue weighted by atomic mass is 9.89. The van der Waals surface area contributed by atoms with E-state index < -0.39 is 0 Å². The van der Waals surface area contributed by atoms with E-state index in [1.807, 2.05) is 141 Å². The van der Waals surface area contributed by atoms with E-state index in [0.717, 1.165) is 31.8 Å². The maximum Gasteiger partial charge on any atom is 0.152 e. The standard InChI is InChI=1S/2C8H8.C8H14.C7H13N.C6H10.C5H8.C4H6O.C3H6O.C3H6.C3H4.2C2H6/c1-2-4-8-6-5-7(8)3-1;1-2-8-6-4-3-5-7-8;2*1-4-6-8(3)7-5-2;1-4-6(3)5-2;1-3-5-4-2;1-3-4(2)5;1-3-4-2;2*1-3-2;2*1-2/h1-4H,5-6H2;2-7H,1H2;4-5,8H,1-2,6-7H2,3H3;4-5H,1-2,6-7H2,3H3;4-6H,1-2H2,3H3;3-5H,1H2,2H3;3H,1H2,2H3;3H,1H2,2H3;3H,1H2,2H3;1H,2H3;2*1-2H3. The highest BCUT2D eigenvalue weighted by atomic mass is 16.5. The molecule has 0 unspecified atom stereocenters. The van der Waals surface area contributed by atoms with Gasteiger partial charge in [0, 0.05) is 13.1 Å². The molecule has 0 N–H and O–H groups in total. The first kappa shape index (κ1) is 77.0. The largest absolute Gasteiger partial charge is 0.505 e. The summed E-state index contributed by atoms with van der Waals surface area (Å²) < 4.78 is 4.31. The molecule has 62 heavy (non-hydrogen) atoms. The molecule has 0 amide bonds. The number of likely N-dealkylation sites (N-methyl/N-ethyl adjacent to an activating group) is 1. The van der Waals surface area contributed by atoms with Gasteiger partial charge >= 0.3 is 0 Å². The van der Waals surface area contributed by atoms with E-state index in [9.17, 15) is 4.79 Å². The average Bonchev–Trinajstić information content (AvgIpc) is 3.28. The summed E-state index contributed by atoms with van der Waals surface area (Å²) >= 11 is 0. The number of ether oxygens (including phenoxy) is 1. The number of aryl methyl sites for hydroxylation is 2. The zero-order chi connectivity index (χ0) is 50.3. The van der Waals surface area contributed by atoms with Crippen LogP contribution in [-0.4, -0.2) is 37.9 Å². The monoisotopic (exact) mass is 850 g/mol. The number of allylic oxidation sites excluding steroid dienone is 9. The highest BCUT2D eigenvalue weighted by Crippen LogP contribution is 2.20. The maximum absolute atomic E-state index is 9.69. The molecule has 1 aliphatic rings. The van der Waals surface area contributed by atoms with Gasteiger partial charge in [0.15, 0.2) is 5.78 Å². The lowest BCUT2D eigenvalue weighted by Gasteiger charge is -2.16. The van der Waals surface area contributed by atoms with Gasteiger partial charge in [0.25, 0.3) is 0 Å². The Balaban J connectivity index is -0.0000000724. The molecule has 348 valence electrons. The molecule has 0 radical (unpaired) electrons. The second-order valence-electron chi connectivity index (χ2n) is 11.8. The second kappa shape index (κ2) is 79.5. The zero-order valence-electron chi connectivity index (χ0n) is 42.2. The van der Waals surface area contributed by atoms with Crippen LogP contribution in [0.15, 0.2) is 200 Å². The first-order valence-electron chi connectivity index (χ1n) is 21.3. The van der Waals surface area contributed by atoms with Crippen molar-refractivity contribution in [3.63, 3.8) is 0 Å². The normalized spacial score (nSPS) is 8.29. The Bertz CT molecular complexity index is 1300. The van der Waals surface area contributed by atoms with Gasteiger partial charge in [-0.3, -0.25) is 9.69 Å². The van der Waals surface area contributed by atoms with Crippen LogP contribution >= 0.6 is 0 Å². The summed E-state index contributed by atoms with van der Waals surface area (Å²) in [4.78, 5) is 11.8. The Labute approximate surface area is 387 Å². The predicted octanol–water partition coefficient (Wildman–Crippen LogP) is 17.3. The number of benzene rings is 2. The van der Waals surface area contributed by atoms with Gasteiger partial charge in [-0.2, -0.15) is 0 Å². The van der Waals surface area contributed by atoms with Gasteiger partial charge in [0.05, 0.1) is 13.4 Å². The predicted molar refractivity (Wildman–Crippen MR) is 293 cm³/mol. The molecule has 3 rings (SSSR count). The van der Waals surface area contributed by atoms with Crippen LogP contribution in [0, 0.1) is 24.2 Å². The third kappa shape index (κ3) is 90.4. The Hall–Kier alpha value is -5.69. The SMILES string of the molecule is C#CC.C=CC.C=CC(C)=O.C=CC(C)C=C.C=CC=CC.C=CCC(C)CC=C.C=CCN(C)CC=C.C=COC.C=Cc1ccccc1.CC.CC.c1ccc2c(c1)CC2. The van der Waals surface area contributed by atoms with E-state index in [-0.39, 0.29) is 5.78 Å². The molecule has 0 bridgehead atoms. The smallest absolute Gasteiger partial charge is 0.152 e. The van der Waals surface area contributed by atoms with Crippen LogP contribution in [-0.2, 0) is 22.4 Å². The van der Waals surface area contributed by atoms with Crippen molar-refractivity contribution in [2.45, 2.75) is 94.9 Å². The van der Waals surface area contributed by atoms with Crippen molar-refractivity contribution in [2.75, 3.05) is 27.2 Å². The third-order valence-corrected chi connectivity index (χ3v) is 6.36. The first-order valence-corrected chi connectivity index (χ1v) is 21.3. The van der Waals surface area contributed by atoms with Crippen LogP contribution in [0.25, 0.3) is 6.08 Å². The molecule has 3 nitrogen and oxygen atoms in total. The number of methoxy groups -OCH3 is 1. The summed E-state index contributed by atoms with van der Waals surface area (Å²) in [7, 11) is 3.59. The zero-order valence-corrected chi connectivity index (χ0v) is 42.2.